The van der Waals surface area contributed by atoms with Crippen LogP contribution < -0.4 is 4.74 Å². The summed E-state index contributed by atoms with van der Waals surface area (Å²) < 4.78 is 9.63. The van der Waals surface area contributed by atoms with Crippen molar-refractivity contribution >= 4 is 12.0 Å². The summed E-state index contributed by atoms with van der Waals surface area (Å²) in [6, 6.07) is 4.53. The maximum atomic E-state index is 11.4. The topological polar surface area (TPSA) is 116 Å². The highest BCUT2D eigenvalue weighted by atomic mass is 16.5. The molecule has 0 aromatic heterocycles. The van der Waals surface area contributed by atoms with Crippen LogP contribution in [0.25, 0.3) is 6.08 Å². The first-order valence-corrected chi connectivity index (χ1v) is 6.16. The second-order valence-corrected chi connectivity index (χ2v) is 4.21. The third-order valence-electron chi connectivity index (χ3n) is 2.64. The molecule has 0 bridgehead atoms. The van der Waals surface area contributed by atoms with Gasteiger partial charge in [0.1, 0.15) is 18.8 Å². The Hall–Kier alpha value is -2.09. The second-order valence-electron chi connectivity index (χ2n) is 4.21. The number of rotatable bonds is 7. The molecule has 0 heterocycles. The SMILES string of the molecule is COc1cc(C=CC(=O)OCC(O)C(O)CO)ccc1O. The van der Waals surface area contributed by atoms with Crippen molar-refractivity contribution in [3.05, 3.63) is 29.8 Å². The van der Waals surface area contributed by atoms with Crippen LogP contribution in [-0.4, -0.2) is 58.9 Å². The first-order valence-electron chi connectivity index (χ1n) is 6.16. The highest BCUT2D eigenvalue weighted by Gasteiger charge is 2.16. The van der Waals surface area contributed by atoms with E-state index in [0.29, 0.717) is 5.56 Å². The van der Waals surface area contributed by atoms with Crippen LogP contribution in [0.15, 0.2) is 24.3 Å². The normalized spacial score (nSPS) is 13.9. The van der Waals surface area contributed by atoms with Crippen LogP contribution in [-0.2, 0) is 9.53 Å². The molecule has 21 heavy (non-hydrogen) atoms. The Kier molecular flexibility index (Phi) is 6.67. The van der Waals surface area contributed by atoms with Gasteiger partial charge in [0.05, 0.1) is 13.7 Å². The molecule has 1 aromatic carbocycles. The summed E-state index contributed by atoms with van der Waals surface area (Å²) in [5.74, 6) is -0.462. The fourth-order valence-electron chi connectivity index (χ4n) is 1.41. The average molecular weight is 298 g/mol. The number of aromatic hydroxyl groups is 1. The molecule has 0 amide bonds. The average Bonchev–Trinajstić information content (AvgIpc) is 2.50. The molecule has 1 rings (SSSR count). The number of hydrogen-bond donors (Lipinski definition) is 4. The molecule has 0 spiro atoms. The minimum atomic E-state index is -1.36. The zero-order chi connectivity index (χ0) is 15.8. The molecule has 0 aliphatic carbocycles. The molecular formula is C14H18O7. The lowest BCUT2D eigenvalue weighted by Gasteiger charge is -2.14. The molecule has 4 N–H and O–H groups in total. The monoisotopic (exact) mass is 298 g/mol. The quantitative estimate of drug-likeness (QED) is 0.402. The second kappa shape index (κ2) is 8.25. The van der Waals surface area contributed by atoms with Crippen LogP contribution in [0.2, 0.25) is 0 Å². The van der Waals surface area contributed by atoms with E-state index in [1.54, 1.807) is 6.07 Å². The van der Waals surface area contributed by atoms with Crippen LogP contribution in [0.3, 0.4) is 0 Å². The fraction of sp³-hybridized carbons (Fsp3) is 0.357. The Bertz CT molecular complexity index is 498. The van der Waals surface area contributed by atoms with Gasteiger partial charge in [0.25, 0.3) is 0 Å². The van der Waals surface area contributed by atoms with E-state index >= 15 is 0 Å². The summed E-state index contributed by atoms with van der Waals surface area (Å²) in [5, 5.41) is 36.4. The van der Waals surface area contributed by atoms with E-state index < -0.39 is 31.4 Å². The first-order chi connectivity index (χ1) is 9.97. The molecule has 0 saturated carbocycles. The molecule has 2 unspecified atom stereocenters. The van der Waals surface area contributed by atoms with Crippen molar-refractivity contribution in [2.75, 3.05) is 20.3 Å². The first kappa shape index (κ1) is 17.0. The van der Waals surface area contributed by atoms with Gasteiger partial charge in [-0.15, -0.1) is 0 Å². The Balaban J connectivity index is 2.54. The third-order valence-corrected chi connectivity index (χ3v) is 2.64. The van der Waals surface area contributed by atoms with Crippen molar-refractivity contribution in [3.8, 4) is 11.5 Å². The zero-order valence-electron chi connectivity index (χ0n) is 11.5. The van der Waals surface area contributed by atoms with Gasteiger partial charge in [0.2, 0.25) is 0 Å². The molecule has 0 radical (unpaired) electrons. The van der Waals surface area contributed by atoms with E-state index in [9.17, 15) is 15.0 Å². The number of aliphatic hydroxyl groups is 3. The predicted molar refractivity (Wildman–Crippen MR) is 73.8 cm³/mol. The van der Waals surface area contributed by atoms with Crippen LogP contribution in [0.5, 0.6) is 11.5 Å². The van der Waals surface area contributed by atoms with Gasteiger partial charge in [-0.2, -0.15) is 0 Å². The molecule has 2 atom stereocenters. The fourth-order valence-corrected chi connectivity index (χ4v) is 1.41. The Morgan fingerprint density at radius 3 is 2.67 bits per heavy atom. The number of aliphatic hydroxyl groups excluding tert-OH is 3. The summed E-state index contributed by atoms with van der Waals surface area (Å²) in [4.78, 5) is 11.4. The number of phenolic OH excluding ortho intramolecular Hbond substituents is 1. The highest BCUT2D eigenvalue weighted by Crippen LogP contribution is 2.26. The minimum Gasteiger partial charge on any atom is -0.504 e. The van der Waals surface area contributed by atoms with Gasteiger partial charge in [-0.3, -0.25) is 0 Å². The van der Waals surface area contributed by atoms with Gasteiger partial charge in [0.15, 0.2) is 11.5 Å². The lowest BCUT2D eigenvalue weighted by molar-refractivity contribution is -0.143. The minimum absolute atomic E-state index is 0.0154. The van der Waals surface area contributed by atoms with Gasteiger partial charge >= 0.3 is 5.97 Å². The smallest absolute Gasteiger partial charge is 0.330 e. The van der Waals surface area contributed by atoms with Crippen LogP contribution in [0.4, 0.5) is 0 Å². The highest BCUT2D eigenvalue weighted by molar-refractivity contribution is 5.87. The summed E-state index contributed by atoms with van der Waals surface area (Å²) in [5.41, 5.74) is 0.609. The molecular weight excluding hydrogens is 280 g/mol. The number of ether oxygens (including phenoxy) is 2. The lowest BCUT2D eigenvalue weighted by atomic mass is 10.2. The lowest BCUT2D eigenvalue weighted by Crippen LogP contribution is -2.33. The van der Waals surface area contributed by atoms with Crippen molar-refractivity contribution < 1.29 is 34.7 Å². The van der Waals surface area contributed by atoms with Crippen molar-refractivity contribution in [2.45, 2.75) is 12.2 Å². The van der Waals surface area contributed by atoms with E-state index in [0.717, 1.165) is 6.08 Å². The van der Waals surface area contributed by atoms with Gasteiger partial charge in [-0.1, -0.05) is 6.07 Å². The standard InChI is InChI=1S/C14H18O7/c1-20-13-6-9(2-4-10(13)16)3-5-14(19)21-8-12(18)11(17)7-15/h2-6,11-12,15-18H,7-8H2,1H3. The number of carbonyl (C=O) groups excluding carboxylic acids is 1. The Labute approximate surface area is 121 Å². The van der Waals surface area contributed by atoms with Gasteiger partial charge < -0.3 is 29.9 Å². The molecule has 7 heteroatoms. The zero-order valence-corrected chi connectivity index (χ0v) is 11.5. The summed E-state index contributed by atoms with van der Waals surface area (Å²) >= 11 is 0. The number of carbonyl (C=O) groups is 1. The number of benzene rings is 1. The summed E-state index contributed by atoms with van der Waals surface area (Å²) in [6.07, 6.45) is -0.132. The van der Waals surface area contributed by atoms with Crippen molar-refractivity contribution in [1.82, 2.24) is 0 Å². The van der Waals surface area contributed by atoms with E-state index in [2.05, 4.69) is 0 Å². The molecule has 1 aromatic rings. The van der Waals surface area contributed by atoms with Gasteiger partial charge in [-0.05, 0) is 23.8 Å². The molecule has 0 saturated heterocycles. The molecule has 7 nitrogen and oxygen atoms in total. The molecule has 0 aliphatic rings. The van der Waals surface area contributed by atoms with Crippen LogP contribution in [0, 0.1) is 0 Å². The third kappa shape index (κ3) is 5.42. The van der Waals surface area contributed by atoms with Crippen molar-refractivity contribution in [3.63, 3.8) is 0 Å². The molecule has 0 aliphatic heterocycles. The van der Waals surface area contributed by atoms with E-state index in [1.165, 1.54) is 25.3 Å². The Morgan fingerprint density at radius 1 is 1.33 bits per heavy atom. The van der Waals surface area contributed by atoms with E-state index in [-0.39, 0.29) is 11.5 Å². The van der Waals surface area contributed by atoms with Crippen molar-refractivity contribution in [2.24, 2.45) is 0 Å². The number of esters is 1. The van der Waals surface area contributed by atoms with E-state index in [4.69, 9.17) is 19.7 Å². The number of methoxy groups -OCH3 is 1. The van der Waals surface area contributed by atoms with Gasteiger partial charge in [0, 0.05) is 6.08 Å². The molecule has 0 fully saturated rings. The van der Waals surface area contributed by atoms with Gasteiger partial charge in [-0.25, -0.2) is 4.79 Å². The molecule has 116 valence electrons. The van der Waals surface area contributed by atoms with Crippen LogP contribution >= 0.6 is 0 Å². The predicted octanol–water partition coefficient (Wildman–Crippen LogP) is -0.329. The number of hydrogen-bond acceptors (Lipinski definition) is 7. The summed E-state index contributed by atoms with van der Waals surface area (Å²) in [6.45, 7) is -1.05. The Morgan fingerprint density at radius 2 is 2.05 bits per heavy atom. The van der Waals surface area contributed by atoms with Crippen LogP contribution in [0.1, 0.15) is 5.56 Å². The maximum absolute atomic E-state index is 11.4. The maximum Gasteiger partial charge on any atom is 0.330 e. The van der Waals surface area contributed by atoms with Crippen molar-refractivity contribution in [1.29, 1.82) is 0 Å². The number of phenols is 1. The largest absolute Gasteiger partial charge is 0.504 e. The summed E-state index contributed by atoms with van der Waals surface area (Å²) in [7, 11) is 1.41. The van der Waals surface area contributed by atoms with E-state index in [1.807, 2.05) is 0 Å².